The summed E-state index contributed by atoms with van der Waals surface area (Å²) < 4.78 is -0.0215. The standard InChI is InChI=1S/C14H27Br3/c1-2-3-4-5-6-7-8-9-10-11-12-13-14(15,16)17/h2-13H2,1H3. The van der Waals surface area contributed by atoms with Crippen molar-refractivity contribution in [3.63, 3.8) is 0 Å². The van der Waals surface area contributed by atoms with E-state index in [1.807, 2.05) is 0 Å². The van der Waals surface area contributed by atoms with Gasteiger partial charge in [-0.1, -0.05) is 125 Å². The maximum absolute atomic E-state index is 3.54. The molecule has 0 bridgehead atoms. The summed E-state index contributed by atoms with van der Waals surface area (Å²) in [6.45, 7) is 2.28. The van der Waals surface area contributed by atoms with E-state index in [-0.39, 0.29) is 2.14 Å². The number of unbranched alkanes of at least 4 members (excludes halogenated alkanes) is 10. The molecular formula is C14H27Br3. The fourth-order valence-corrected chi connectivity index (χ4v) is 2.83. The van der Waals surface area contributed by atoms with E-state index in [4.69, 9.17) is 0 Å². The Hall–Kier alpha value is 1.44. The normalized spacial score (nSPS) is 12.0. The molecule has 0 fully saturated rings. The lowest BCUT2D eigenvalue weighted by atomic mass is 10.1. The molecule has 0 atom stereocenters. The number of hydrogen-bond acceptors (Lipinski definition) is 0. The zero-order valence-electron chi connectivity index (χ0n) is 11.1. The summed E-state index contributed by atoms with van der Waals surface area (Å²) in [4.78, 5) is 0. The van der Waals surface area contributed by atoms with E-state index in [9.17, 15) is 0 Å². The van der Waals surface area contributed by atoms with Crippen molar-refractivity contribution >= 4 is 47.8 Å². The summed E-state index contributed by atoms with van der Waals surface area (Å²) in [5.74, 6) is 0. The first-order valence-electron chi connectivity index (χ1n) is 7.13. The molecule has 0 rings (SSSR count). The van der Waals surface area contributed by atoms with Gasteiger partial charge in [0.1, 0.15) is 2.14 Å². The van der Waals surface area contributed by atoms with Gasteiger partial charge in [0.25, 0.3) is 0 Å². The van der Waals surface area contributed by atoms with Crippen molar-refractivity contribution in [2.24, 2.45) is 0 Å². The van der Waals surface area contributed by atoms with Crippen LogP contribution in [0.1, 0.15) is 84.0 Å². The Morgan fingerprint density at radius 2 is 0.941 bits per heavy atom. The third-order valence-electron chi connectivity index (χ3n) is 3.06. The van der Waals surface area contributed by atoms with Crippen LogP contribution in [-0.2, 0) is 0 Å². The number of alkyl halides is 3. The molecule has 0 nitrogen and oxygen atoms in total. The highest BCUT2D eigenvalue weighted by atomic mass is 80.0. The van der Waals surface area contributed by atoms with Gasteiger partial charge in [-0.05, 0) is 6.42 Å². The minimum Gasteiger partial charge on any atom is -0.0654 e. The Balaban J connectivity index is 2.99. The first kappa shape index (κ1) is 18.4. The maximum atomic E-state index is 3.54. The molecule has 0 aliphatic carbocycles. The molecule has 3 heteroatoms. The Kier molecular flexibility index (Phi) is 13.5. The van der Waals surface area contributed by atoms with E-state index in [1.165, 1.54) is 70.6 Å². The fourth-order valence-electron chi connectivity index (χ4n) is 1.99. The highest BCUT2D eigenvalue weighted by Crippen LogP contribution is 2.38. The van der Waals surface area contributed by atoms with Crippen molar-refractivity contribution in [2.75, 3.05) is 0 Å². The largest absolute Gasteiger partial charge is 0.135 e. The van der Waals surface area contributed by atoms with Gasteiger partial charge in [-0.2, -0.15) is 0 Å². The van der Waals surface area contributed by atoms with Gasteiger partial charge in [0, 0.05) is 0 Å². The van der Waals surface area contributed by atoms with Crippen LogP contribution >= 0.6 is 47.8 Å². The van der Waals surface area contributed by atoms with Crippen LogP contribution in [0, 0.1) is 0 Å². The fraction of sp³-hybridized carbons (Fsp3) is 1.00. The number of hydrogen-bond donors (Lipinski definition) is 0. The summed E-state index contributed by atoms with van der Waals surface area (Å²) in [5.41, 5.74) is 0. The molecule has 0 saturated heterocycles. The number of rotatable bonds is 11. The second-order valence-electron chi connectivity index (χ2n) is 4.90. The van der Waals surface area contributed by atoms with Gasteiger partial charge in [-0.25, -0.2) is 0 Å². The molecule has 0 aliphatic rings. The van der Waals surface area contributed by atoms with E-state index in [1.54, 1.807) is 0 Å². The average molecular weight is 435 g/mol. The van der Waals surface area contributed by atoms with Gasteiger partial charge in [-0.3, -0.25) is 0 Å². The van der Waals surface area contributed by atoms with Crippen molar-refractivity contribution in [3.8, 4) is 0 Å². The predicted octanol–water partition coefficient (Wildman–Crippen LogP) is 7.53. The molecule has 0 N–H and O–H groups in total. The Morgan fingerprint density at radius 3 is 1.29 bits per heavy atom. The van der Waals surface area contributed by atoms with E-state index < -0.39 is 0 Å². The lowest BCUT2D eigenvalue weighted by molar-refractivity contribution is 0.547. The van der Waals surface area contributed by atoms with Crippen LogP contribution in [0.25, 0.3) is 0 Å². The highest BCUT2D eigenvalue weighted by molar-refractivity contribution is 9.39. The third kappa shape index (κ3) is 17.4. The van der Waals surface area contributed by atoms with E-state index in [0.29, 0.717) is 0 Å². The molecule has 0 amide bonds. The van der Waals surface area contributed by atoms with Crippen LogP contribution in [0.4, 0.5) is 0 Å². The first-order chi connectivity index (χ1) is 8.06. The third-order valence-corrected chi connectivity index (χ3v) is 4.25. The summed E-state index contributed by atoms with van der Waals surface area (Å²) in [7, 11) is 0. The van der Waals surface area contributed by atoms with Gasteiger partial charge in [0.15, 0.2) is 0 Å². The topological polar surface area (TPSA) is 0 Å². The van der Waals surface area contributed by atoms with Crippen molar-refractivity contribution in [1.82, 2.24) is 0 Å². The molecule has 0 unspecified atom stereocenters. The second-order valence-corrected chi connectivity index (χ2v) is 12.2. The summed E-state index contributed by atoms with van der Waals surface area (Å²) in [5, 5.41) is 0. The average Bonchev–Trinajstić information content (AvgIpc) is 2.24. The molecule has 104 valence electrons. The van der Waals surface area contributed by atoms with Crippen LogP contribution in [0.5, 0.6) is 0 Å². The Labute approximate surface area is 133 Å². The molecule has 0 radical (unpaired) electrons. The van der Waals surface area contributed by atoms with Crippen molar-refractivity contribution in [1.29, 1.82) is 0 Å². The minimum absolute atomic E-state index is 0.0215. The molecule has 0 aromatic rings. The monoisotopic (exact) mass is 432 g/mol. The summed E-state index contributed by atoms with van der Waals surface area (Å²) in [6, 6.07) is 0. The lowest BCUT2D eigenvalue weighted by Crippen LogP contribution is -1.98. The van der Waals surface area contributed by atoms with Crippen molar-refractivity contribution in [3.05, 3.63) is 0 Å². The molecule has 0 aliphatic heterocycles. The summed E-state index contributed by atoms with van der Waals surface area (Å²) >= 11 is 10.6. The zero-order chi connectivity index (χ0) is 13.0. The molecule has 0 spiro atoms. The molecule has 0 aromatic carbocycles. The van der Waals surface area contributed by atoms with Crippen molar-refractivity contribution < 1.29 is 0 Å². The van der Waals surface area contributed by atoms with Crippen LogP contribution in [0.2, 0.25) is 0 Å². The van der Waals surface area contributed by atoms with E-state index in [0.717, 1.165) is 6.42 Å². The van der Waals surface area contributed by atoms with Gasteiger partial charge in [0.05, 0.1) is 0 Å². The lowest BCUT2D eigenvalue weighted by Gasteiger charge is -2.10. The Bertz CT molecular complexity index is 152. The molecule has 0 heterocycles. The first-order valence-corrected chi connectivity index (χ1v) is 9.51. The van der Waals surface area contributed by atoms with Crippen LogP contribution in [0.15, 0.2) is 0 Å². The predicted molar refractivity (Wildman–Crippen MR) is 90.6 cm³/mol. The Morgan fingerprint density at radius 1 is 0.588 bits per heavy atom. The van der Waals surface area contributed by atoms with Crippen LogP contribution < -0.4 is 0 Å². The van der Waals surface area contributed by atoms with Gasteiger partial charge < -0.3 is 0 Å². The zero-order valence-corrected chi connectivity index (χ0v) is 15.9. The number of halogens is 3. The van der Waals surface area contributed by atoms with E-state index >= 15 is 0 Å². The maximum Gasteiger partial charge on any atom is 0.135 e. The summed E-state index contributed by atoms with van der Waals surface area (Å²) in [6.07, 6.45) is 16.6. The minimum atomic E-state index is -0.0215. The van der Waals surface area contributed by atoms with E-state index in [2.05, 4.69) is 54.7 Å². The smallest absolute Gasteiger partial charge is 0.0654 e. The van der Waals surface area contributed by atoms with Crippen LogP contribution in [-0.4, -0.2) is 2.14 Å². The molecule has 0 saturated carbocycles. The molecule has 17 heavy (non-hydrogen) atoms. The van der Waals surface area contributed by atoms with Crippen LogP contribution in [0.3, 0.4) is 0 Å². The second kappa shape index (κ2) is 12.5. The van der Waals surface area contributed by atoms with Gasteiger partial charge in [0.2, 0.25) is 0 Å². The van der Waals surface area contributed by atoms with Gasteiger partial charge >= 0.3 is 0 Å². The molecular weight excluding hydrogens is 408 g/mol. The van der Waals surface area contributed by atoms with Gasteiger partial charge in [-0.15, -0.1) is 0 Å². The van der Waals surface area contributed by atoms with Crippen molar-refractivity contribution in [2.45, 2.75) is 86.1 Å². The quantitative estimate of drug-likeness (QED) is 0.233. The molecule has 0 aromatic heterocycles. The SMILES string of the molecule is CCCCCCCCCCCCCC(Br)(Br)Br. The highest BCUT2D eigenvalue weighted by Gasteiger charge is 2.15.